The van der Waals surface area contributed by atoms with Crippen LogP contribution in [0.2, 0.25) is 0 Å². The van der Waals surface area contributed by atoms with E-state index in [1.165, 1.54) is 12.4 Å². The van der Waals surface area contributed by atoms with Gasteiger partial charge in [0.1, 0.15) is 4.90 Å². The van der Waals surface area contributed by atoms with Crippen LogP contribution >= 0.6 is 0 Å². The molecule has 0 unspecified atom stereocenters. The summed E-state index contributed by atoms with van der Waals surface area (Å²) in [5, 5.41) is 2.81. The molecule has 0 aromatic carbocycles. The van der Waals surface area contributed by atoms with Crippen LogP contribution in [0.15, 0.2) is 29.4 Å². The molecule has 0 amide bonds. The lowest BCUT2D eigenvalue weighted by Gasteiger charge is -2.11. The predicted molar refractivity (Wildman–Crippen MR) is 76.1 cm³/mol. The van der Waals surface area contributed by atoms with E-state index in [-0.39, 0.29) is 10.8 Å². The van der Waals surface area contributed by atoms with Crippen molar-refractivity contribution in [1.82, 2.24) is 15.0 Å². The summed E-state index contributed by atoms with van der Waals surface area (Å²) in [4.78, 5) is 12.0. The van der Waals surface area contributed by atoms with Gasteiger partial charge in [0, 0.05) is 30.8 Å². The highest BCUT2D eigenvalue weighted by atomic mass is 32.2. The van der Waals surface area contributed by atoms with Crippen molar-refractivity contribution in [3.05, 3.63) is 35.9 Å². The van der Waals surface area contributed by atoms with Gasteiger partial charge in [0.25, 0.3) is 10.0 Å². The second-order valence-corrected chi connectivity index (χ2v) is 5.85. The second-order valence-electron chi connectivity index (χ2n) is 4.20. The normalized spacial score (nSPS) is 11.2. The number of aryl methyl sites for hydroxylation is 2. The number of hydrogen-bond acceptors (Lipinski definition) is 6. The van der Waals surface area contributed by atoms with Crippen LogP contribution in [-0.2, 0) is 10.0 Å². The van der Waals surface area contributed by atoms with Gasteiger partial charge in [-0.25, -0.2) is 23.1 Å². The first-order chi connectivity index (χ1) is 9.42. The van der Waals surface area contributed by atoms with E-state index < -0.39 is 10.0 Å². The maximum atomic E-state index is 12.3. The van der Waals surface area contributed by atoms with Crippen LogP contribution in [0.5, 0.6) is 0 Å². The molecule has 0 atom stereocenters. The van der Waals surface area contributed by atoms with Crippen LogP contribution in [0.3, 0.4) is 0 Å². The number of sulfonamides is 1. The minimum absolute atomic E-state index is 0.0465. The molecule has 106 valence electrons. The lowest BCUT2D eigenvalue weighted by molar-refractivity contribution is 0.600. The number of anilines is 2. The van der Waals surface area contributed by atoms with Crippen LogP contribution in [0.4, 0.5) is 11.6 Å². The molecule has 0 aliphatic carbocycles. The molecule has 2 rings (SSSR count). The van der Waals surface area contributed by atoms with Gasteiger partial charge in [-0.05, 0) is 26.0 Å². The van der Waals surface area contributed by atoms with Gasteiger partial charge in [-0.1, -0.05) is 0 Å². The molecule has 0 spiro atoms. The molecule has 0 saturated heterocycles. The number of nitrogens with zero attached hydrogens (tertiary/aromatic N) is 3. The van der Waals surface area contributed by atoms with Crippen LogP contribution < -0.4 is 10.0 Å². The average Bonchev–Trinajstić information content (AvgIpc) is 2.36. The van der Waals surface area contributed by atoms with Gasteiger partial charge in [-0.3, -0.25) is 4.98 Å². The maximum absolute atomic E-state index is 12.3. The van der Waals surface area contributed by atoms with Crippen LogP contribution in [0.1, 0.15) is 11.4 Å². The molecule has 2 heterocycles. The molecule has 7 nitrogen and oxygen atoms in total. The Balaban J connectivity index is 2.41. The number of nitrogens with one attached hydrogen (secondary N) is 2. The number of aromatic nitrogens is 3. The Morgan fingerprint density at radius 1 is 1.15 bits per heavy atom. The van der Waals surface area contributed by atoms with Crippen LogP contribution in [0.25, 0.3) is 0 Å². The van der Waals surface area contributed by atoms with E-state index in [9.17, 15) is 8.42 Å². The maximum Gasteiger partial charge on any atom is 0.267 e. The highest BCUT2D eigenvalue weighted by molar-refractivity contribution is 7.92. The van der Waals surface area contributed by atoms with Gasteiger partial charge >= 0.3 is 0 Å². The molecule has 2 aromatic rings. The van der Waals surface area contributed by atoms with E-state index >= 15 is 0 Å². The van der Waals surface area contributed by atoms with Crippen molar-refractivity contribution in [2.75, 3.05) is 17.1 Å². The quantitative estimate of drug-likeness (QED) is 0.882. The molecule has 0 radical (unpaired) electrons. The zero-order valence-electron chi connectivity index (χ0n) is 11.4. The van der Waals surface area contributed by atoms with Crippen molar-refractivity contribution >= 4 is 21.7 Å². The Hall–Kier alpha value is -2.22. The first-order valence-corrected chi connectivity index (χ1v) is 7.37. The van der Waals surface area contributed by atoms with E-state index in [0.29, 0.717) is 17.1 Å². The van der Waals surface area contributed by atoms with E-state index in [1.807, 2.05) is 0 Å². The molecule has 0 aliphatic heterocycles. The number of pyridine rings is 1. The zero-order valence-corrected chi connectivity index (χ0v) is 12.2. The van der Waals surface area contributed by atoms with Crippen molar-refractivity contribution < 1.29 is 8.42 Å². The standard InChI is InChI=1S/C12H15N5O2S/c1-8-6-9(2)16-12(15-8)17-20(18,19)11-7-14-5-4-10(11)13-3/h4-7H,1-3H3,(H,13,14)(H,15,16,17). The van der Waals surface area contributed by atoms with Gasteiger partial charge in [-0.2, -0.15) is 0 Å². The van der Waals surface area contributed by atoms with Crippen molar-refractivity contribution in [1.29, 1.82) is 0 Å². The van der Waals surface area contributed by atoms with Crippen molar-refractivity contribution in [3.63, 3.8) is 0 Å². The molecule has 8 heteroatoms. The highest BCUT2D eigenvalue weighted by Gasteiger charge is 2.19. The first kappa shape index (κ1) is 14.2. The van der Waals surface area contributed by atoms with E-state index in [2.05, 4.69) is 25.0 Å². The summed E-state index contributed by atoms with van der Waals surface area (Å²) in [6, 6.07) is 3.35. The lowest BCUT2D eigenvalue weighted by atomic mass is 10.4. The summed E-state index contributed by atoms with van der Waals surface area (Å²) in [5.74, 6) is 0.0495. The third-order valence-electron chi connectivity index (χ3n) is 2.55. The Morgan fingerprint density at radius 2 is 1.80 bits per heavy atom. The van der Waals surface area contributed by atoms with Crippen molar-refractivity contribution in [2.45, 2.75) is 18.7 Å². The molecule has 2 N–H and O–H groups in total. The average molecular weight is 293 g/mol. The minimum atomic E-state index is -3.79. The third kappa shape index (κ3) is 3.02. The number of hydrogen-bond donors (Lipinski definition) is 2. The SMILES string of the molecule is CNc1ccncc1S(=O)(=O)Nc1nc(C)cc(C)n1. The van der Waals surface area contributed by atoms with Gasteiger partial charge in [0.15, 0.2) is 0 Å². The second kappa shape index (κ2) is 5.41. The summed E-state index contributed by atoms with van der Waals surface area (Å²) in [7, 11) is -2.15. The molecular weight excluding hydrogens is 278 g/mol. The van der Waals surface area contributed by atoms with E-state index in [1.54, 1.807) is 33.0 Å². The van der Waals surface area contributed by atoms with E-state index in [4.69, 9.17) is 0 Å². The number of rotatable bonds is 4. The highest BCUT2D eigenvalue weighted by Crippen LogP contribution is 2.21. The van der Waals surface area contributed by atoms with Gasteiger partial charge in [0.05, 0.1) is 5.69 Å². The smallest absolute Gasteiger partial charge is 0.267 e. The zero-order chi connectivity index (χ0) is 14.8. The van der Waals surface area contributed by atoms with Gasteiger partial charge in [0.2, 0.25) is 5.95 Å². The molecule has 0 fully saturated rings. The fourth-order valence-corrected chi connectivity index (χ4v) is 2.85. The summed E-state index contributed by atoms with van der Waals surface area (Å²) >= 11 is 0. The molecule has 2 aromatic heterocycles. The van der Waals surface area contributed by atoms with Gasteiger partial charge in [-0.15, -0.1) is 0 Å². The molecule has 20 heavy (non-hydrogen) atoms. The van der Waals surface area contributed by atoms with Gasteiger partial charge < -0.3 is 5.32 Å². The largest absolute Gasteiger partial charge is 0.387 e. The fourth-order valence-electron chi connectivity index (χ4n) is 1.75. The molecule has 0 saturated carbocycles. The monoisotopic (exact) mass is 293 g/mol. The Labute approximate surface area is 117 Å². The summed E-state index contributed by atoms with van der Waals surface area (Å²) in [5.41, 5.74) is 1.84. The minimum Gasteiger partial charge on any atom is -0.387 e. The molecule has 0 aliphatic rings. The van der Waals surface area contributed by atoms with Crippen LogP contribution in [0, 0.1) is 13.8 Å². The molecular formula is C12H15N5O2S. The van der Waals surface area contributed by atoms with E-state index in [0.717, 1.165) is 0 Å². The Morgan fingerprint density at radius 3 is 2.40 bits per heavy atom. The Kier molecular flexibility index (Phi) is 3.84. The summed E-state index contributed by atoms with van der Waals surface area (Å²) in [6.07, 6.45) is 2.79. The van der Waals surface area contributed by atoms with Crippen molar-refractivity contribution in [2.24, 2.45) is 0 Å². The third-order valence-corrected chi connectivity index (χ3v) is 3.91. The summed E-state index contributed by atoms with van der Waals surface area (Å²) < 4.78 is 27.0. The lowest BCUT2D eigenvalue weighted by Crippen LogP contribution is -2.17. The molecule has 0 bridgehead atoms. The van der Waals surface area contributed by atoms with Crippen molar-refractivity contribution in [3.8, 4) is 0 Å². The first-order valence-electron chi connectivity index (χ1n) is 5.89. The fraction of sp³-hybridized carbons (Fsp3) is 0.250. The predicted octanol–water partition coefficient (Wildman–Crippen LogP) is 1.33. The summed E-state index contributed by atoms with van der Waals surface area (Å²) in [6.45, 7) is 3.55. The van der Waals surface area contributed by atoms with Crippen LogP contribution in [-0.4, -0.2) is 30.4 Å². The topological polar surface area (TPSA) is 96.9 Å². The Bertz CT molecular complexity index is 710.